The van der Waals surface area contributed by atoms with Gasteiger partial charge in [-0.15, -0.1) is 0 Å². The third-order valence-corrected chi connectivity index (χ3v) is 3.79. The number of hydrogen-bond acceptors (Lipinski definition) is 2. The number of aromatic nitrogens is 1. The van der Waals surface area contributed by atoms with Gasteiger partial charge in [0.25, 0.3) is 5.91 Å². The SMILES string of the molecule is O=C(c1ccccn1)N1CC2CC=CCC2C1. The lowest BCUT2D eigenvalue weighted by molar-refractivity contribution is 0.0778. The lowest BCUT2D eigenvalue weighted by Gasteiger charge is -2.17. The van der Waals surface area contributed by atoms with Gasteiger partial charge in [0, 0.05) is 19.3 Å². The van der Waals surface area contributed by atoms with Gasteiger partial charge in [-0.25, -0.2) is 0 Å². The maximum Gasteiger partial charge on any atom is 0.272 e. The van der Waals surface area contributed by atoms with E-state index in [1.54, 1.807) is 12.3 Å². The number of allylic oxidation sites excluding steroid dienone is 2. The van der Waals surface area contributed by atoms with E-state index in [0.29, 0.717) is 17.5 Å². The number of pyridine rings is 1. The quantitative estimate of drug-likeness (QED) is 0.690. The highest BCUT2D eigenvalue weighted by Gasteiger charge is 2.35. The number of likely N-dealkylation sites (tertiary alicyclic amines) is 1. The Morgan fingerprint density at radius 1 is 1.18 bits per heavy atom. The van der Waals surface area contributed by atoms with Crippen LogP contribution in [-0.2, 0) is 0 Å². The van der Waals surface area contributed by atoms with Crippen LogP contribution in [0, 0.1) is 11.8 Å². The smallest absolute Gasteiger partial charge is 0.272 e. The van der Waals surface area contributed by atoms with Crippen molar-refractivity contribution in [2.45, 2.75) is 12.8 Å². The molecule has 1 aromatic rings. The van der Waals surface area contributed by atoms with Crippen molar-refractivity contribution in [1.82, 2.24) is 9.88 Å². The first kappa shape index (κ1) is 10.5. The Balaban J connectivity index is 1.73. The van der Waals surface area contributed by atoms with Gasteiger partial charge in [-0.3, -0.25) is 9.78 Å². The monoisotopic (exact) mass is 228 g/mol. The second-order valence-electron chi connectivity index (χ2n) is 4.89. The van der Waals surface area contributed by atoms with Crippen LogP contribution in [0.25, 0.3) is 0 Å². The summed E-state index contributed by atoms with van der Waals surface area (Å²) in [6, 6.07) is 5.50. The molecule has 3 nitrogen and oxygen atoms in total. The average molecular weight is 228 g/mol. The van der Waals surface area contributed by atoms with E-state index < -0.39 is 0 Å². The van der Waals surface area contributed by atoms with Gasteiger partial charge in [-0.1, -0.05) is 18.2 Å². The molecule has 1 aromatic heterocycles. The largest absolute Gasteiger partial charge is 0.337 e. The molecule has 17 heavy (non-hydrogen) atoms. The predicted octanol–water partition coefficient (Wildman–Crippen LogP) is 2.12. The molecule has 1 aliphatic heterocycles. The number of nitrogens with zero attached hydrogens (tertiary/aromatic N) is 2. The highest BCUT2D eigenvalue weighted by molar-refractivity contribution is 5.92. The maximum absolute atomic E-state index is 12.2. The first-order valence-electron chi connectivity index (χ1n) is 6.20. The third kappa shape index (κ3) is 1.97. The zero-order chi connectivity index (χ0) is 11.7. The van der Waals surface area contributed by atoms with Gasteiger partial charge < -0.3 is 4.90 Å². The Morgan fingerprint density at radius 3 is 2.47 bits per heavy atom. The van der Waals surface area contributed by atoms with Crippen molar-refractivity contribution in [3.63, 3.8) is 0 Å². The maximum atomic E-state index is 12.2. The van der Waals surface area contributed by atoms with E-state index in [1.165, 1.54) is 0 Å². The van der Waals surface area contributed by atoms with Crippen LogP contribution >= 0.6 is 0 Å². The average Bonchev–Trinajstić information content (AvgIpc) is 2.82. The molecule has 2 unspecified atom stereocenters. The van der Waals surface area contributed by atoms with E-state index in [4.69, 9.17) is 0 Å². The number of fused-ring (bicyclic) bond motifs is 1. The van der Waals surface area contributed by atoms with E-state index in [1.807, 2.05) is 17.0 Å². The van der Waals surface area contributed by atoms with Crippen LogP contribution in [-0.4, -0.2) is 28.9 Å². The normalized spacial score (nSPS) is 26.9. The standard InChI is InChI=1S/C14H16N2O/c17-14(13-7-3-4-8-15-13)16-9-11-5-1-2-6-12(11)10-16/h1-4,7-8,11-12H,5-6,9-10H2. The van der Waals surface area contributed by atoms with Gasteiger partial charge in [0.15, 0.2) is 0 Å². The molecule has 1 amide bonds. The molecule has 0 radical (unpaired) electrons. The summed E-state index contributed by atoms with van der Waals surface area (Å²) in [5.41, 5.74) is 0.569. The van der Waals surface area contributed by atoms with Crippen LogP contribution in [0.1, 0.15) is 23.3 Å². The molecule has 0 N–H and O–H groups in total. The van der Waals surface area contributed by atoms with Gasteiger partial charge in [-0.2, -0.15) is 0 Å². The van der Waals surface area contributed by atoms with Gasteiger partial charge in [-0.05, 0) is 36.8 Å². The second kappa shape index (κ2) is 4.32. The molecule has 88 valence electrons. The van der Waals surface area contributed by atoms with Crippen molar-refractivity contribution in [3.8, 4) is 0 Å². The van der Waals surface area contributed by atoms with Crippen molar-refractivity contribution in [2.75, 3.05) is 13.1 Å². The molecule has 0 saturated carbocycles. The Bertz CT molecular complexity index is 425. The van der Waals surface area contributed by atoms with Gasteiger partial charge in [0.2, 0.25) is 0 Å². The number of carbonyl (C=O) groups is 1. The molecule has 2 aliphatic rings. The predicted molar refractivity (Wildman–Crippen MR) is 65.5 cm³/mol. The summed E-state index contributed by atoms with van der Waals surface area (Å²) in [5.74, 6) is 1.40. The van der Waals surface area contributed by atoms with E-state index in [2.05, 4.69) is 17.1 Å². The van der Waals surface area contributed by atoms with Crippen molar-refractivity contribution < 1.29 is 4.79 Å². The number of hydrogen-bond donors (Lipinski definition) is 0. The zero-order valence-corrected chi connectivity index (χ0v) is 9.75. The molecule has 0 bridgehead atoms. The first-order valence-corrected chi connectivity index (χ1v) is 6.20. The van der Waals surface area contributed by atoms with Crippen molar-refractivity contribution in [1.29, 1.82) is 0 Å². The van der Waals surface area contributed by atoms with E-state index >= 15 is 0 Å². The molecule has 2 atom stereocenters. The molecule has 1 saturated heterocycles. The fraction of sp³-hybridized carbons (Fsp3) is 0.429. The molecule has 0 spiro atoms. The van der Waals surface area contributed by atoms with Crippen molar-refractivity contribution in [2.24, 2.45) is 11.8 Å². The van der Waals surface area contributed by atoms with Crippen molar-refractivity contribution in [3.05, 3.63) is 42.2 Å². The molecular formula is C14H16N2O. The van der Waals surface area contributed by atoms with Crippen LogP contribution in [0.5, 0.6) is 0 Å². The van der Waals surface area contributed by atoms with Gasteiger partial charge in [0.05, 0.1) is 0 Å². The third-order valence-electron chi connectivity index (χ3n) is 3.79. The van der Waals surface area contributed by atoms with E-state index in [9.17, 15) is 4.79 Å². The van der Waals surface area contributed by atoms with Crippen LogP contribution in [0.15, 0.2) is 36.5 Å². The summed E-state index contributed by atoms with van der Waals surface area (Å²) < 4.78 is 0. The van der Waals surface area contributed by atoms with Crippen LogP contribution in [0.2, 0.25) is 0 Å². The van der Waals surface area contributed by atoms with Crippen molar-refractivity contribution >= 4 is 5.91 Å². The van der Waals surface area contributed by atoms with Crippen LogP contribution in [0.3, 0.4) is 0 Å². The summed E-state index contributed by atoms with van der Waals surface area (Å²) in [6.45, 7) is 1.79. The van der Waals surface area contributed by atoms with Crippen LogP contribution < -0.4 is 0 Å². The van der Waals surface area contributed by atoms with Gasteiger partial charge in [0.1, 0.15) is 5.69 Å². The molecule has 3 rings (SSSR count). The lowest BCUT2D eigenvalue weighted by atomic mass is 9.86. The summed E-state index contributed by atoms with van der Waals surface area (Å²) in [7, 11) is 0. The van der Waals surface area contributed by atoms with Crippen LogP contribution in [0.4, 0.5) is 0 Å². The minimum atomic E-state index is 0.0833. The summed E-state index contributed by atoms with van der Waals surface area (Å²) in [6.07, 6.45) is 8.41. The van der Waals surface area contributed by atoms with E-state index in [0.717, 1.165) is 25.9 Å². The fourth-order valence-corrected chi connectivity index (χ4v) is 2.83. The molecule has 1 fully saturated rings. The number of carbonyl (C=O) groups excluding carboxylic acids is 1. The summed E-state index contributed by atoms with van der Waals surface area (Å²) in [4.78, 5) is 18.3. The lowest BCUT2D eigenvalue weighted by Crippen LogP contribution is -2.29. The highest BCUT2D eigenvalue weighted by atomic mass is 16.2. The minimum absolute atomic E-state index is 0.0833. The Labute approximate surface area is 101 Å². The molecule has 2 heterocycles. The molecule has 0 aromatic carbocycles. The Kier molecular flexibility index (Phi) is 2.67. The summed E-state index contributed by atoms with van der Waals surface area (Å²) >= 11 is 0. The zero-order valence-electron chi connectivity index (χ0n) is 9.75. The second-order valence-corrected chi connectivity index (χ2v) is 4.89. The highest BCUT2D eigenvalue weighted by Crippen LogP contribution is 2.33. The fourth-order valence-electron chi connectivity index (χ4n) is 2.83. The minimum Gasteiger partial charge on any atom is -0.337 e. The Morgan fingerprint density at radius 2 is 1.88 bits per heavy atom. The molecule has 1 aliphatic carbocycles. The van der Waals surface area contributed by atoms with E-state index in [-0.39, 0.29) is 5.91 Å². The van der Waals surface area contributed by atoms with Gasteiger partial charge >= 0.3 is 0 Å². The number of amides is 1. The summed E-state index contributed by atoms with van der Waals surface area (Å²) in [5, 5.41) is 0. The number of rotatable bonds is 1. The molecule has 3 heteroatoms. The first-order chi connectivity index (χ1) is 8.34. The topological polar surface area (TPSA) is 33.2 Å². The Hall–Kier alpha value is -1.64. The molecular weight excluding hydrogens is 212 g/mol.